The minimum atomic E-state index is -0.697. The van der Waals surface area contributed by atoms with Crippen molar-refractivity contribution in [1.82, 2.24) is 10.2 Å². The first kappa shape index (κ1) is 21.9. The highest BCUT2D eigenvalue weighted by atomic mass is 16.2. The van der Waals surface area contributed by atoms with E-state index in [4.69, 9.17) is 0 Å². The van der Waals surface area contributed by atoms with Crippen LogP contribution in [-0.4, -0.2) is 29.9 Å². The molecule has 2 aliphatic rings. The highest BCUT2D eigenvalue weighted by Gasteiger charge is 2.47. The first-order chi connectivity index (χ1) is 16.2. The maximum Gasteiger partial charge on any atom is 0.235 e. The molecule has 170 valence electrons. The Labute approximate surface area is 197 Å². The Hall–Kier alpha value is -2.91. The van der Waals surface area contributed by atoms with Crippen LogP contribution in [-0.2, 0) is 16.8 Å². The molecule has 3 nitrogen and oxygen atoms in total. The molecule has 0 aromatic heterocycles. The number of piperidine rings is 1. The van der Waals surface area contributed by atoms with Crippen LogP contribution < -0.4 is 5.32 Å². The molecule has 0 aliphatic carbocycles. The van der Waals surface area contributed by atoms with E-state index >= 15 is 0 Å². The van der Waals surface area contributed by atoms with Crippen molar-refractivity contribution in [2.24, 2.45) is 5.92 Å². The van der Waals surface area contributed by atoms with E-state index in [1.807, 2.05) is 30.3 Å². The lowest BCUT2D eigenvalue weighted by atomic mass is 9.66. The van der Waals surface area contributed by atoms with Crippen LogP contribution in [0.25, 0.3) is 0 Å². The van der Waals surface area contributed by atoms with E-state index in [9.17, 15) is 4.79 Å². The molecule has 3 aromatic rings. The number of benzene rings is 3. The smallest absolute Gasteiger partial charge is 0.235 e. The highest BCUT2D eigenvalue weighted by molar-refractivity contribution is 5.92. The topological polar surface area (TPSA) is 32.3 Å². The molecule has 2 heterocycles. The summed E-state index contributed by atoms with van der Waals surface area (Å²) in [5.74, 6) is 0.636. The van der Waals surface area contributed by atoms with Gasteiger partial charge in [-0.15, -0.1) is 0 Å². The van der Waals surface area contributed by atoms with Gasteiger partial charge in [0.2, 0.25) is 5.91 Å². The summed E-state index contributed by atoms with van der Waals surface area (Å²) in [5.41, 5.74) is 2.61. The van der Waals surface area contributed by atoms with Crippen molar-refractivity contribution in [3.63, 3.8) is 0 Å². The lowest BCUT2D eigenvalue weighted by molar-refractivity contribution is -0.126. The quantitative estimate of drug-likeness (QED) is 0.524. The Morgan fingerprint density at radius 3 is 1.82 bits per heavy atom. The standard InChI is InChI=1S/C30H34N2O/c1-32-27-17-18-28(32)20-24(19-27)21-30(25-13-7-3-8-14-25,26-15-9-4-10-16-26)29(33)31-22-23-11-5-2-6-12-23/h2-16,24,27-28H,17-22H2,1H3,(H,31,33)/t24?,27-,28+. The van der Waals surface area contributed by atoms with Gasteiger partial charge in [-0.3, -0.25) is 4.79 Å². The van der Waals surface area contributed by atoms with E-state index in [2.05, 4.69) is 77.9 Å². The second-order valence-corrected chi connectivity index (χ2v) is 9.90. The molecule has 2 bridgehead atoms. The summed E-state index contributed by atoms with van der Waals surface area (Å²) in [6.45, 7) is 0.541. The SMILES string of the molecule is CN1[C@@H]2CC[C@H]1CC(CC(C(=O)NCc1ccccc1)(c1ccccc1)c1ccccc1)C2. The van der Waals surface area contributed by atoms with Crippen molar-refractivity contribution in [3.05, 3.63) is 108 Å². The van der Waals surface area contributed by atoms with Crippen LogP contribution in [0.3, 0.4) is 0 Å². The van der Waals surface area contributed by atoms with Crippen molar-refractivity contribution in [2.45, 2.75) is 56.1 Å². The average Bonchev–Trinajstić information content (AvgIpc) is 3.07. The number of hydrogen-bond acceptors (Lipinski definition) is 2. The zero-order valence-electron chi connectivity index (χ0n) is 19.5. The van der Waals surface area contributed by atoms with Gasteiger partial charge in [0.1, 0.15) is 0 Å². The molecule has 2 saturated heterocycles. The summed E-state index contributed by atoms with van der Waals surface area (Å²) in [6.07, 6.45) is 5.80. The number of rotatable bonds is 7. The molecule has 3 aromatic carbocycles. The first-order valence-corrected chi connectivity index (χ1v) is 12.3. The van der Waals surface area contributed by atoms with Crippen LogP contribution in [0.5, 0.6) is 0 Å². The summed E-state index contributed by atoms with van der Waals surface area (Å²) in [6, 6.07) is 32.4. The number of amides is 1. The third-order valence-electron chi connectivity index (χ3n) is 8.01. The molecule has 0 spiro atoms. The van der Waals surface area contributed by atoms with Crippen LogP contribution in [0.4, 0.5) is 0 Å². The van der Waals surface area contributed by atoms with Gasteiger partial charge in [0.25, 0.3) is 0 Å². The van der Waals surface area contributed by atoms with Gasteiger partial charge >= 0.3 is 0 Å². The maximum absolute atomic E-state index is 14.2. The monoisotopic (exact) mass is 438 g/mol. The Kier molecular flexibility index (Phi) is 6.32. The van der Waals surface area contributed by atoms with Crippen LogP contribution in [0.2, 0.25) is 0 Å². The number of carbonyl (C=O) groups is 1. The van der Waals surface area contributed by atoms with E-state index in [1.165, 1.54) is 25.7 Å². The first-order valence-electron chi connectivity index (χ1n) is 12.3. The predicted octanol–water partition coefficient (Wildman–Crippen LogP) is 5.55. The fourth-order valence-electron chi connectivity index (χ4n) is 6.26. The molecule has 3 heteroatoms. The second kappa shape index (κ2) is 9.52. The van der Waals surface area contributed by atoms with Gasteiger partial charge < -0.3 is 10.2 Å². The number of fused-ring (bicyclic) bond motifs is 2. The van der Waals surface area contributed by atoms with E-state index in [0.29, 0.717) is 24.5 Å². The Bertz CT molecular complexity index is 997. The largest absolute Gasteiger partial charge is 0.351 e. The molecule has 2 aliphatic heterocycles. The zero-order chi connectivity index (χ0) is 22.7. The van der Waals surface area contributed by atoms with Crippen molar-refractivity contribution in [1.29, 1.82) is 0 Å². The molecule has 1 unspecified atom stereocenters. The molecule has 0 radical (unpaired) electrons. The normalized spacial score (nSPS) is 22.8. The maximum atomic E-state index is 14.2. The minimum Gasteiger partial charge on any atom is -0.351 e. The molecule has 1 N–H and O–H groups in total. The minimum absolute atomic E-state index is 0.107. The Balaban J connectivity index is 1.53. The van der Waals surface area contributed by atoms with Crippen LogP contribution in [0.1, 0.15) is 48.8 Å². The van der Waals surface area contributed by atoms with Crippen molar-refractivity contribution < 1.29 is 4.79 Å². The average molecular weight is 439 g/mol. The second-order valence-electron chi connectivity index (χ2n) is 9.90. The van der Waals surface area contributed by atoms with Gasteiger partial charge in [0, 0.05) is 18.6 Å². The zero-order valence-corrected chi connectivity index (χ0v) is 19.5. The molecule has 0 saturated carbocycles. The highest BCUT2D eigenvalue weighted by Crippen LogP contribution is 2.46. The lowest BCUT2D eigenvalue weighted by Crippen LogP contribution is -2.48. The number of nitrogens with one attached hydrogen (secondary N) is 1. The Morgan fingerprint density at radius 2 is 1.30 bits per heavy atom. The third kappa shape index (κ3) is 4.35. The number of carbonyl (C=O) groups excluding carboxylic acids is 1. The summed E-state index contributed by atoms with van der Waals surface area (Å²) in [4.78, 5) is 16.8. The van der Waals surface area contributed by atoms with Gasteiger partial charge in [0.15, 0.2) is 0 Å². The van der Waals surface area contributed by atoms with Crippen molar-refractivity contribution in [2.75, 3.05) is 7.05 Å². The van der Waals surface area contributed by atoms with Crippen molar-refractivity contribution >= 4 is 5.91 Å². The van der Waals surface area contributed by atoms with E-state index in [1.54, 1.807) is 0 Å². The summed E-state index contributed by atoms with van der Waals surface area (Å²) in [7, 11) is 2.28. The van der Waals surface area contributed by atoms with Crippen LogP contribution in [0.15, 0.2) is 91.0 Å². The van der Waals surface area contributed by atoms with Crippen LogP contribution >= 0.6 is 0 Å². The lowest BCUT2D eigenvalue weighted by Gasteiger charge is -2.42. The van der Waals surface area contributed by atoms with Crippen LogP contribution in [0, 0.1) is 5.92 Å². The number of nitrogens with zero attached hydrogens (tertiary/aromatic N) is 1. The Morgan fingerprint density at radius 1 is 0.818 bits per heavy atom. The predicted molar refractivity (Wildman–Crippen MR) is 134 cm³/mol. The van der Waals surface area contributed by atoms with E-state index < -0.39 is 5.41 Å². The molecule has 1 amide bonds. The third-order valence-corrected chi connectivity index (χ3v) is 8.01. The van der Waals surface area contributed by atoms with Gasteiger partial charge in [0.05, 0.1) is 5.41 Å². The van der Waals surface area contributed by atoms with Crippen molar-refractivity contribution in [3.8, 4) is 0 Å². The molecule has 5 rings (SSSR count). The van der Waals surface area contributed by atoms with Gasteiger partial charge in [-0.1, -0.05) is 91.0 Å². The molecule has 2 fully saturated rings. The van der Waals surface area contributed by atoms with E-state index in [-0.39, 0.29) is 5.91 Å². The summed E-state index contributed by atoms with van der Waals surface area (Å²) < 4.78 is 0. The fourth-order valence-corrected chi connectivity index (χ4v) is 6.26. The van der Waals surface area contributed by atoms with E-state index in [0.717, 1.165) is 23.1 Å². The number of hydrogen-bond donors (Lipinski definition) is 1. The van der Waals surface area contributed by atoms with Gasteiger partial charge in [-0.05, 0) is 61.8 Å². The molecule has 3 atom stereocenters. The molecular formula is C30H34N2O. The van der Waals surface area contributed by atoms with Gasteiger partial charge in [-0.2, -0.15) is 0 Å². The molecule has 33 heavy (non-hydrogen) atoms. The van der Waals surface area contributed by atoms with Gasteiger partial charge in [-0.25, -0.2) is 0 Å². The fraction of sp³-hybridized carbons (Fsp3) is 0.367. The summed E-state index contributed by atoms with van der Waals surface area (Å²) in [5, 5.41) is 3.32. The molecular weight excluding hydrogens is 404 g/mol. The summed E-state index contributed by atoms with van der Waals surface area (Å²) >= 11 is 0.